The Labute approximate surface area is 206 Å². The first-order valence-corrected chi connectivity index (χ1v) is 12.1. The van der Waals surface area contributed by atoms with Gasteiger partial charge in [-0.3, -0.25) is 4.79 Å². The Kier molecular flexibility index (Phi) is 16.2. The van der Waals surface area contributed by atoms with Gasteiger partial charge in [0, 0.05) is 30.1 Å². The number of aldehydes is 1. The third-order valence-corrected chi connectivity index (χ3v) is 4.41. The minimum Gasteiger partial charge on any atom is -0.463 e. The number of nitrogens with two attached hydrogens (primary N) is 2. The van der Waals surface area contributed by atoms with Crippen LogP contribution in [0.25, 0.3) is 6.08 Å². The van der Waals surface area contributed by atoms with Crippen molar-refractivity contribution in [3.8, 4) is 0 Å². The fourth-order valence-corrected chi connectivity index (χ4v) is 2.44. The third-order valence-electron chi connectivity index (χ3n) is 3.28. The van der Waals surface area contributed by atoms with E-state index in [2.05, 4.69) is 31.3 Å². The highest BCUT2D eigenvalue weighted by molar-refractivity contribution is 7.98. The Morgan fingerprint density at radius 1 is 0.941 bits per heavy atom. The van der Waals surface area contributed by atoms with E-state index in [1.54, 1.807) is 20.0 Å². The molecule has 0 saturated heterocycles. The predicted molar refractivity (Wildman–Crippen MR) is 134 cm³/mol. The summed E-state index contributed by atoms with van der Waals surface area (Å²) in [6.07, 6.45) is 11.3. The summed E-state index contributed by atoms with van der Waals surface area (Å²) < 4.78 is 9.17. The Hall–Kier alpha value is -3.45. The number of ether oxygens (including phenoxy) is 2. The second kappa shape index (κ2) is 18.0. The molecule has 0 aliphatic rings. The quantitative estimate of drug-likeness (QED) is 0.175. The molecule has 184 valence electrons. The van der Waals surface area contributed by atoms with E-state index in [1.165, 1.54) is 41.9 Å². The number of thioether (sulfide) groups is 2. The number of esters is 2. The van der Waals surface area contributed by atoms with Gasteiger partial charge in [0.05, 0.1) is 18.8 Å². The molecule has 11 nitrogen and oxygen atoms in total. The molecule has 2 heterocycles. The lowest BCUT2D eigenvalue weighted by atomic mass is 10.3. The molecule has 2 aromatic heterocycles. The van der Waals surface area contributed by atoms with Gasteiger partial charge in [0.2, 0.25) is 0 Å². The molecule has 0 bridgehead atoms. The molecule has 0 atom stereocenters. The summed E-state index contributed by atoms with van der Waals surface area (Å²) >= 11 is 2.79. The van der Waals surface area contributed by atoms with Crippen molar-refractivity contribution < 1.29 is 23.9 Å². The molecule has 4 N–H and O–H groups in total. The number of hydrogen-bond acceptors (Lipinski definition) is 13. The maximum absolute atomic E-state index is 11.1. The van der Waals surface area contributed by atoms with Crippen molar-refractivity contribution in [1.82, 2.24) is 19.9 Å². The van der Waals surface area contributed by atoms with Gasteiger partial charge in [0.25, 0.3) is 0 Å². The maximum atomic E-state index is 11.1. The number of anilines is 2. The van der Waals surface area contributed by atoms with E-state index in [0.717, 1.165) is 6.08 Å². The second-order valence-corrected chi connectivity index (χ2v) is 7.10. The van der Waals surface area contributed by atoms with Gasteiger partial charge >= 0.3 is 11.9 Å². The Morgan fingerprint density at radius 2 is 1.41 bits per heavy atom. The van der Waals surface area contributed by atoms with Crippen LogP contribution in [0.4, 0.5) is 11.6 Å². The first kappa shape index (κ1) is 30.6. The summed E-state index contributed by atoms with van der Waals surface area (Å²) in [5, 5.41) is 1.18. The fraction of sp³-hybridized carbons (Fsp3) is 0.286. The van der Waals surface area contributed by atoms with Crippen molar-refractivity contribution in [3.05, 3.63) is 42.3 Å². The highest BCUT2D eigenvalue weighted by atomic mass is 32.2. The summed E-state index contributed by atoms with van der Waals surface area (Å²) in [6, 6.07) is 0. The van der Waals surface area contributed by atoms with E-state index in [0.29, 0.717) is 46.8 Å². The molecular weight excluding hydrogens is 480 g/mol. The highest BCUT2D eigenvalue weighted by Crippen LogP contribution is 2.14. The number of aromatic nitrogens is 4. The number of rotatable bonds is 8. The van der Waals surface area contributed by atoms with Gasteiger partial charge in [0.1, 0.15) is 11.6 Å². The first-order valence-electron chi connectivity index (χ1n) is 9.68. The number of nitrogens with zero attached hydrogens (tertiary/aromatic N) is 4. The van der Waals surface area contributed by atoms with E-state index in [-0.39, 0.29) is 11.8 Å². The lowest BCUT2D eigenvalue weighted by molar-refractivity contribution is -0.138. The highest BCUT2D eigenvalue weighted by Gasteiger charge is 2.02. The average molecular weight is 509 g/mol. The zero-order valence-electron chi connectivity index (χ0n) is 19.4. The molecular formula is C21H28N6O5S2. The SMILES string of the molecule is C=CC(=O)OCC.CCOC(=O)/C=C/c1cnc(SC)nc1N.CSc1ncc(C=O)c(N)n1. The summed E-state index contributed by atoms with van der Waals surface area (Å²) in [7, 11) is 0. The molecule has 13 heteroatoms. The smallest absolute Gasteiger partial charge is 0.330 e. The monoisotopic (exact) mass is 508 g/mol. The topological polar surface area (TPSA) is 173 Å². The van der Waals surface area contributed by atoms with Crippen LogP contribution in [0.15, 0.2) is 41.4 Å². The number of hydrogen-bond donors (Lipinski definition) is 2. The van der Waals surface area contributed by atoms with Crippen LogP contribution in [0, 0.1) is 0 Å². The molecule has 34 heavy (non-hydrogen) atoms. The van der Waals surface area contributed by atoms with Crippen LogP contribution >= 0.6 is 23.5 Å². The normalized spacial score (nSPS) is 9.65. The van der Waals surface area contributed by atoms with Gasteiger partial charge in [-0.1, -0.05) is 30.1 Å². The maximum Gasteiger partial charge on any atom is 0.330 e. The zero-order valence-corrected chi connectivity index (χ0v) is 21.0. The molecule has 0 unspecified atom stereocenters. The largest absolute Gasteiger partial charge is 0.463 e. The minimum atomic E-state index is -0.407. The summed E-state index contributed by atoms with van der Waals surface area (Å²) in [5.74, 6) is -0.183. The molecule has 0 aliphatic heterocycles. The Balaban J connectivity index is 0.000000524. The van der Waals surface area contributed by atoms with Crippen molar-refractivity contribution in [1.29, 1.82) is 0 Å². The van der Waals surface area contributed by atoms with Crippen LogP contribution in [0.5, 0.6) is 0 Å². The third kappa shape index (κ3) is 12.6. The standard InChI is InChI=1S/C10H13N3O2S.C6H7N3OS.C5H8O2/c1-3-15-8(14)5-4-7-6-12-10(16-2)13-9(7)11;1-11-6-8-2-4(3-10)5(7)9-6;1-3-5(6)7-4-2/h4-6H,3H2,1-2H3,(H2,11,12,13);2-3H,1H3,(H2,7,8,9);3H,1,4H2,2H3/b5-4+;;. The van der Waals surface area contributed by atoms with E-state index >= 15 is 0 Å². The lowest BCUT2D eigenvalue weighted by Gasteiger charge is -2.00. The van der Waals surface area contributed by atoms with Crippen molar-refractivity contribution in [3.63, 3.8) is 0 Å². The Bertz CT molecular complexity index is 988. The van der Waals surface area contributed by atoms with Gasteiger partial charge in [0.15, 0.2) is 16.6 Å². The molecule has 0 spiro atoms. The molecule has 2 rings (SSSR count). The predicted octanol–water partition coefficient (Wildman–Crippen LogP) is 2.69. The van der Waals surface area contributed by atoms with E-state index in [4.69, 9.17) is 16.2 Å². The van der Waals surface area contributed by atoms with Crippen LogP contribution in [-0.4, -0.2) is 63.9 Å². The molecule has 0 aliphatic carbocycles. The molecule has 0 radical (unpaired) electrons. The minimum absolute atomic E-state index is 0.236. The zero-order chi connectivity index (χ0) is 25.9. The molecule has 0 saturated carbocycles. The molecule has 0 aromatic carbocycles. The van der Waals surface area contributed by atoms with Crippen molar-refractivity contribution >= 4 is 59.5 Å². The van der Waals surface area contributed by atoms with Gasteiger partial charge in [-0.15, -0.1) is 0 Å². The van der Waals surface area contributed by atoms with E-state index in [1.807, 2.05) is 12.5 Å². The van der Waals surface area contributed by atoms with Crippen LogP contribution in [0.3, 0.4) is 0 Å². The molecule has 0 fully saturated rings. The van der Waals surface area contributed by atoms with Crippen LogP contribution in [0.2, 0.25) is 0 Å². The number of nitrogen functional groups attached to an aromatic ring is 2. The summed E-state index contributed by atoms with van der Waals surface area (Å²) in [5.41, 5.74) is 12.0. The van der Waals surface area contributed by atoms with Crippen LogP contribution in [-0.2, 0) is 19.1 Å². The first-order chi connectivity index (χ1) is 16.3. The van der Waals surface area contributed by atoms with Gasteiger partial charge in [-0.2, -0.15) is 0 Å². The van der Waals surface area contributed by atoms with Crippen LogP contribution < -0.4 is 11.5 Å². The number of carbonyl (C=O) groups is 3. The Morgan fingerprint density at radius 3 is 1.76 bits per heavy atom. The molecule has 2 aromatic rings. The van der Waals surface area contributed by atoms with Crippen molar-refractivity contribution in [2.75, 3.05) is 37.2 Å². The second-order valence-electron chi connectivity index (χ2n) is 5.55. The number of carbonyl (C=O) groups excluding carboxylic acids is 3. The van der Waals surface area contributed by atoms with Gasteiger partial charge in [-0.25, -0.2) is 29.5 Å². The summed E-state index contributed by atoms with van der Waals surface area (Å²) in [4.78, 5) is 47.2. The van der Waals surface area contributed by atoms with Crippen molar-refractivity contribution in [2.45, 2.75) is 24.2 Å². The van der Waals surface area contributed by atoms with Crippen molar-refractivity contribution in [2.24, 2.45) is 0 Å². The lowest BCUT2D eigenvalue weighted by Crippen LogP contribution is -2.00. The van der Waals surface area contributed by atoms with Gasteiger partial charge in [-0.05, 0) is 32.4 Å². The van der Waals surface area contributed by atoms with Gasteiger partial charge < -0.3 is 20.9 Å². The van der Waals surface area contributed by atoms with Crippen LogP contribution in [0.1, 0.15) is 29.8 Å². The van der Waals surface area contributed by atoms with E-state index in [9.17, 15) is 14.4 Å². The average Bonchev–Trinajstić information content (AvgIpc) is 2.84. The summed E-state index contributed by atoms with van der Waals surface area (Å²) in [6.45, 7) is 7.47. The molecule has 0 amide bonds. The fourth-order valence-electron chi connectivity index (χ4n) is 1.74. The van der Waals surface area contributed by atoms with E-state index < -0.39 is 5.97 Å².